The van der Waals surface area contributed by atoms with Gasteiger partial charge >= 0.3 is 0 Å². The summed E-state index contributed by atoms with van der Waals surface area (Å²) in [7, 11) is -3.05. The van der Waals surface area contributed by atoms with E-state index in [1.807, 2.05) is 4.90 Å². The molecule has 2 amide bonds. The van der Waals surface area contributed by atoms with Crippen LogP contribution in [0.5, 0.6) is 0 Å². The Labute approximate surface area is 138 Å². The highest BCUT2D eigenvalue weighted by Gasteiger charge is 2.43. The summed E-state index contributed by atoms with van der Waals surface area (Å²) in [4.78, 5) is 27.3. The molecule has 1 N–H and O–H groups in total. The molecule has 6 nitrogen and oxygen atoms in total. The highest BCUT2D eigenvalue weighted by Crippen LogP contribution is 2.27. The fourth-order valence-corrected chi connectivity index (χ4v) is 5.10. The van der Waals surface area contributed by atoms with E-state index in [1.54, 1.807) is 13.8 Å². The van der Waals surface area contributed by atoms with Crippen LogP contribution in [0.25, 0.3) is 0 Å². The summed E-state index contributed by atoms with van der Waals surface area (Å²) < 4.78 is 23.0. The molecular formula is C16H28N2O4S. The van der Waals surface area contributed by atoms with Gasteiger partial charge in [-0.05, 0) is 46.0 Å². The van der Waals surface area contributed by atoms with Crippen LogP contribution in [-0.4, -0.2) is 55.3 Å². The quantitative estimate of drug-likeness (QED) is 0.774. The second-order valence-electron chi connectivity index (χ2n) is 7.25. The van der Waals surface area contributed by atoms with E-state index in [0.29, 0.717) is 13.0 Å². The van der Waals surface area contributed by atoms with E-state index in [9.17, 15) is 18.0 Å². The zero-order valence-electron chi connectivity index (χ0n) is 14.3. The fourth-order valence-electron chi connectivity index (χ4n) is 3.42. The molecule has 2 aliphatic rings. The van der Waals surface area contributed by atoms with Crippen molar-refractivity contribution in [2.24, 2.45) is 5.41 Å². The third kappa shape index (κ3) is 4.05. The fraction of sp³-hybridized carbons (Fsp3) is 0.875. The second-order valence-corrected chi connectivity index (χ2v) is 9.48. The topological polar surface area (TPSA) is 83.6 Å². The van der Waals surface area contributed by atoms with Gasteiger partial charge in [0.05, 0.1) is 11.5 Å². The van der Waals surface area contributed by atoms with Crippen LogP contribution < -0.4 is 5.32 Å². The van der Waals surface area contributed by atoms with Crippen LogP contribution in [0.4, 0.5) is 0 Å². The second kappa shape index (κ2) is 6.79. The van der Waals surface area contributed by atoms with Crippen molar-refractivity contribution in [3.63, 3.8) is 0 Å². The van der Waals surface area contributed by atoms with E-state index < -0.39 is 15.3 Å². The van der Waals surface area contributed by atoms with Crippen LogP contribution in [0.1, 0.15) is 52.9 Å². The Balaban J connectivity index is 2.04. The highest BCUT2D eigenvalue weighted by atomic mass is 32.2. The van der Waals surface area contributed by atoms with Gasteiger partial charge in [-0.15, -0.1) is 0 Å². The summed E-state index contributed by atoms with van der Waals surface area (Å²) in [6.45, 7) is 6.03. The molecule has 2 aliphatic heterocycles. The van der Waals surface area contributed by atoms with E-state index in [2.05, 4.69) is 12.2 Å². The predicted molar refractivity (Wildman–Crippen MR) is 88.6 cm³/mol. The third-order valence-electron chi connectivity index (χ3n) is 5.03. The van der Waals surface area contributed by atoms with Gasteiger partial charge in [0.2, 0.25) is 11.8 Å². The molecule has 0 bridgehead atoms. The zero-order valence-corrected chi connectivity index (χ0v) is 15.1. The van der Waals surface area contributed by atoms with Crippen LogP contribution in [0.3, 0.4) is 0 Å². The van der Waals surface area contributed by atoms with Gasteiger partial charge in [-0.25, -0.2) is 8.42 Å². The normalized spacial score (nSPS) is 27.7. The monoisotopic (exact) mass is 344 g/mol. The average Bonchev–Trinajstić information content (AvgIpc) is 2.85. The number of nitrogens with zero attached hydrogens (tertiary/aromatic N) is 1. The molecule has 0 aromatic rings. The Hall–Kier alpha value is -1.11. The molecule has 7 heteroatoms. The maximum atomic E-state index is 12.9. The lowest BCUT2D eigenvalue weighted by atomic mass is 9.87. The Morgan fingerprint density at radius 1 is 1.22 bits per heavy atom. The maximum Gasteiger partial charge on any atom is 0.237 e. The smallest absolute Gasteiger partial charge is 0.237 e. The Morgan fingerprint density at radius 2 is 1.91 bits per heavy atom. The molecule has 2 heterocycles. The number of carbonyl (C=O) groups is 2. The number of sulfone groups is 1. The molecule has 2 fully saturated rings. The van der Waals surface area contributed by atoms with E-state index in [1.165, 1.54) is 0 Å². The third-order valence-corrected chi connectivity index (χ3v) is 6.80. The van der Waals surface area contributed by atoms with Gasteiger partial charge in [-0.3, -0.25) is 9.59 Å². The van der Waals surface area contributed by atoms with Crippen molar-refractivity contribution >= 4 is 21.7 Å². The Morgan fingerprint density at radius 3 is 2.48 bits per heavy atom. The number of piperidine rings is 1. The number of carbonyl (C=O) groups excluding carboxylic acids is 2. The van der Waals surface area contributed by atoms with Crippen LogP contribution >= 0.6 is 0 Å². The zero-order chi connectivity index (χ0) is 17.3. The molecule has 0 spiro atoms. The van der Waals surface area contributed by atoms with Crippen LogP contribution in [0.2, 0.25) is 0 Å². The van der Waals surface area contributed by atoms with Crippen molar-refractivity contribution < 1.29 is 18.0 Å². The molecule has 0 aliphatic carbocycles. The first-order chi connectivity index (χ1) is 10.7. The van der Waals surface area contributed by atoms with E-state index in [4.69, 9.17) is 0 Å². The van der Waals surface area contributed by atoms with Gasteiger partial charge in [0.15, 0.2) is 9.84 Å². The van der Waals surface area contributed by atoms with Gasteiger partial charge in [0.25, 0.3) is 0 Å². The minimum atomic E-state index is -3.05. The minimum absolute atomic E-state index is 0.0235. The first-order valence-electron chi connectivity index (χ1n) is 8.50. The molecular weight excluding hydrogens is 316 g/mol. The molecule has 2 rings (SSSR count). The lowest BCUT2D eigenvalue weighted by molar-refractivity contribution is -0.151. The number of hydrogen-bond donors (Lipinski definition) is 1. The Bertz CT molecular complexity index is 571. The Kier molecular flexibility index (Phi) is 5.38. The average molecular weight is 344 g/mol. The molecule has 0 aromatic heterocycles. The molecule has 23 heavy (non-hydrogen) atoms. The number of hydrogen-bond acceptors (Lipinski definition) is 4. The summed E-state index contributed by atoms with van der Waals surface area (Å²) in [5.74, 6) is -0.437. The van der Waals surface area contributed by atoms with E-state index in [-0.39, 0.29) is 35.4 Å². The van der Waals surface area contributed by atoms with Crippen molar-refractivity contribution in [3.8, 4) is 0 Å². The maximum absolute atomic E-state index is 12.9. The minimum Gasteiger partial charge on any atom is -0.351 e. The largest absolute Gasteiger partial charge is 0.351 e. The summed E-state index contributed by atoms with van der Waals surface area (Å²) in [6.07, 6.45) is 4.40. The van der Waals surface area contributed by atoms with Crippen LogP contribution in [0, 0.1) is 5.41 Å². The summed E-state index contributed by atoms with van der Waals surface area (Å²) in [5.41, 5.74) is -1.17. The van der Waals surface area contributed by atoms with E-state index >= 15 is 0 Å². The summed E-state index contributed by atoms with van der Waals surface area (Å²) >= 11 is 0. The van der Waals surface area contributed by atoms with Crippen molar-refractivity contribution in [3.05, 3.63) is 0 Å². The van der Waals surface area contributed by atoms with Crippen molar-refractivity contribution in [1.82, 2.24) is 10.2 Å². The number of amides is 2. The van der Waals surface area contributed by atoms with Gasteiger partial charge in [-0.1, -0.05) is 6.92 Å². The number of rotatable bonds is 4. The SMILES string of the molecule is CCC1CCCCN1C(=O)C(C)(C)C(=O)NC1CCS(=O)(=O)C1. The first kappa shape index (κ1) is 18.2. The van der Waals surface area contributed by atoms with Crippen molar-refractivity contribution in [2.75, 3.05) is 18.1 Å². The van der Waals surface area contributed by atoms with Crippen LogP contribution in [0.15, 0.2) is 0 Å². The van der Waals surface area contributed by atoms with Gasteiger partial charge in [0.1, 0.15) is 5.41 Å². The summed E-state index contributed by atoms with van der Waals surface area (Å²) in [5, 5.41) is 2.76. The molecule has 0 saturated carbocycles. The van der Waals surface area contributed by atoms with Gasteiger partial charge < -0.3 is 10.2 Å². The van der Waals surface area contributed by atoms with Gasteiger partial charge in [-0.2, -0.15) is 0 Å². The molecule has 0 radical (unpaired) electrons. The predicted octanol–water partition coefficient (Wildman–Crippen LogP) is 1.11. The van der Waals surface area contributed by atoms with Gasteiger partial charge in [0, 0.05) is 18.6 Å². The molecule has 2 saturated heterocycles. The number of likely N-dealkylation sites (tertiary alicyclic amines) is 1. The molecule has 2 unspecified atom stereocenters. The standard InChI is InChI=1S/C16H28N2O4S/c1-4-13-7-5-6-9-18(13)15(20)16(2,3)14(19)17-12-8-10-23(21,22)11-12/h12-13H,4-11H2,1-3H3,(H,17,19). The number of nitrogens with one attached hydrogen (secondary N) is 1. The summed E-state index contributed by atoms with van der Waals surface area (Å²) in [6, 6.07) is -0.168. The molecule has 132 valence electrons. The van der Waals surface area contributed by atoms with Crippen molar-refractivity contribution in [2.45, 2.75) is 65.0 Å². The van der Waals surface area contributed by atoms with Crippen molar-refractivity contribution in [1.29, 1.82) is 0 Å². The van der Waals surface area contributed by atoms with E-state index in [0.717, 1.165) is 25.7 Å². The molecule has 2 atom stereocenters. The lowest BCUT2D eigenvalue weighted by Gasteiger charge is -2.39. The van der Waals surface area contributed by atoms with Crippen LogP contribution in [-0.2, 0) is 19.4 Å². The highest BCUT2D eigenvalue weighted by molar-refractivity contribution is 7.91. The molecule has 0 aromatic carbocycles. The first-order valence-corrected chi connectivity index (χ1v) is 10.3. The lowest BCUT2D eigenvalue weighted by Crippen LogP contribution is -2.55.